The average molecular weight is 1300 g/mol. The number of furan rings is 1. The summed E-state index contributed by atoms with van der Waals surface area (Å²) in [6.45, 7) is 0. The number of para-hydroxylation sites is 3. The zero-order valence-electron chi connectivity index (χ0n) is 53.3. The summed E-state index contributed by atoms with van der Waals surface area (Å²) >= 11 is 1.68. The number of benzene rings is 12. The topological polar surface area (TPSA) is 126 Å². The second kappa shape index (κ2) is 23.2. The third-order valence-corrected chi connectivity index (χ3v) is 20.3. The number of pyridine rings is 2. The summed E-state index contributed by atoms with van der Waals surface area (Å²) in [5.41, 5.74) is 19.7. The smallest absolute Gasteiger partial charge is 0.228 e. The molecule has 0 unspecified atom stereocenters. The molecule has 0 spiro atoms. The zero-order valence-corrected chi connectivity index (χ0v) is 54.1. The van der Waals surface area contributed by atoms with Gasteiger partial charge in [0.05, 0.1) is 27.5 Å². The Morgan fingerprint density at radius 2 is 0.630 bits per heavy atom. The van der Waals surface area contributed by atoms with Crippen LogP contribution in [0.15, 0.2) is 320 Å². The van der Waals surface area contributed by atoms with Gasteiger partial charge in [0.1, 0.15) is 10.4 Å². The van der Waals surface area contributed by atoms with Gasteiger partial charge in [0.2, 0.25) is 5.71 Å². The molecule has 8 heterocycles. The van der Waals surface area contributed by atoms with Crippen LogP contribution >= 0.6 is 11.3 Å². The summed E-state index contributed by atoms with van der Waals surface area (Å²) in [4.78, 5) is 41.7. The average Bonchev–Trinajstić information content (AvgIpc) is 1.58. The van der Waals surface area contributed by atoms with E-state index in [1.54, 1.807) is 17.5 Å². The molecule has 0 bridgehead atoms. The lowest BCUT2D eigenvalue weighted by Crippen LogP contribution is -2.00. The minimum absolute atomic E-state index is 0.507. The number of hydrogen-bond acceptors (Lipinski definition) is 10. The fourth-order valence-corrected chi connectivity index (χ4v) is 15.5. The third kappa shape index (κ3) is 9.56. The molecule has 0 atom stereocenters. The fourth-order valence-electron chi connectivity index (χ4n) is 14.5. The Bertz CT molecular complexity index is 6570. The van der Waals surface area contributed by atoms with Crippen molar-refractivity contribution >= 4 is 97.3 Å². The molecular weight excluding hydrogens is 1250 g/mol. The van der Waals surface area contributed by atoms with E-state index in [4.69, 9.17) is 44.3 Å². The molecule has 0 N–H and O–H groups in total. The van der Waals surface area contributed by atoms with Crippen LogP contribution < -0.4 is 0 Å². The molecule has 8 aromatic heterocycles. The van der Waals surface area contributed by atoms with Crippen LogP contribution in [0.3, 0.4) is 0 Å². The number of nitrogens with zero attached hydrogens (tertiary/aromatic N) is 10. The van der Waals surface area contributed by atoms with Crippen molar-refractivity contribution in [3.05, 3.63) is 316 Å². The maximum absolute atomic E-state index is 6.52. The summed E-state index contributed by atoms with van der Waals surface area (Å²) < 4.78 is 12.4. The van der Waals surface area contributed by atoms with E-state index >= 15 is 0 Å². The lowest BCUT2D eigenvalue weighted by molar-refractivity contribution is 0.654. The molecule has 0 aliphatic rings. The summed E-state index contributed by atoms with van der Waals surface area (Å²) in [7, 11) is 0. The Kier molecular flexibility index (Phi) is 13.2. The highest BCUT2D eigenvalue weighted by molar-refractivity contribution is 7.25. The monoisotopic (exact) mass is 1300 g/mol. The Hall–Kier alpha value is -13.4. The van der Waals surface area contributed by atoms with E-state index in [9.17, 15) is 0 Å². The van der Waals surface area contributed by atoms with Crippen LogP contribution in [-0.4, -0.2) is 49.0 Å². The Balaban J connectivity index is 0.673. The van der Waals surface area contributed by atoms with Gasteiger partial charge in [-0.1, -0.05) is 200 Å². The summed E-state index contributed by atoms with van der Waals surface area (Å²) in [5, 5.41) is 8.53. The second-order valence-electron chi connectivity index (χ2n) is 25.0. The Labute approximate surface area is 576 Å². The van der Waals surface area contributed by atoms with E-state index in [2.05, 4.69) is 215 Å². The second-order valence-corrected chi connectivity index (χ2v) is 26.1. The van der Waals surface area contributed by atoms with Gasteiger partial charge in [-0.2, -0.15) is 0 Å². The molecule has 0 amide bonds. The molecule has 11 nitrogen and oxygen atoms in total. The Morgan fingerprint density at radius 3 is 1.16 bits per heavy atom. The zero-order chi connectivity index (χ0) is 65.8. The standard InChI is InChI=1S/C88H52N10OS/c1-6-18-54(19-7-1)81-91-82(55-20-8-2-9-21-55)94-85(93-81)66-44-46-89-87-79(66)71-51-61(37-42-77(71)99-87)60-36-41-76-70(50-60)69-48-58(34-39-75(69)98(76)64-26-14-5-15-27-64)53-30-32-57(33-31-53)84-92-83(56-22-10-3-11-23-56)95-86(96-84)67-45-47-90-88-80(67)72-52-62(38-43-78(72)100-88)59-35-40-74-68(49-59)65-28-16-17-29-73(65)97(74)63-24-12-4-13-25-63/h1-52H. The predicted octanol–water partition coefficient (Wildman–Crippen LogP) is 22.3. The van der Waals surface area contributed by atoms with Crippen molar-refractivity contribution < 1.29 is 4.42 Å². The number of hydrogen-bond donors (Lipinski definition) is 0. The van der Waals surface area contributed by atoms with Crippen molar-refractivity contribution in [3.8, 4) is 113 Å². The molecule has 12 heteroatoms. The van der Waals surface area contributed by atoms with Crippen molar-refractivity contribution in [1.82, 2.24) is 49.0 Å². The van der Waals surface area contributed by atoms with Gasteiger partial charge in [-0.15, -0.1) is 11.3 Å². The highest BCUT2D eigenvalue weighted by Crippen LogP contribution is 2.45. The molecule has 20 aromatic rings. The van der Waals surface area contributed by atoms with Gasteiger partial charge in [-0.05, 0) is 137 Å². The fraction of sp³-hybridized carbons (Fsp3) is 0. The van der Waals surface area contributed by atoms with Gasteiger partial charge >= 0.3 is 0 Å². The Morgan fingerprint density at radius 1 is 0.260 bits per heavy atom. The highest BCUT2D eigenvalue weighted by atomic mass is 32.1. The van der Waals surface area contributed by atoms with Crippen LogP contribution in [0.5, 0.6) is 0 Å². The molecule has 12 aromatic carbocycles. The number of fused-ring (bicyclic) bond motifs is 12. The first-order valence-electron chi connectivity index (χ1n) is 33.2. The predicted molar refractivity (Wildman–Crippen MR) is 407 cm³/mol. The lowest BCUT2D eigenvalue weighted by atomic mass is 9.98. The maximum atomic E-state index is 6.52. The third-order valence-electron chi connectivity index (χ3n) is 19.2. The lowest BCUT2D eigenvalue weighted by Gasteiger charge is -2.10. The SMILES string of the molecule is c1ccc(-c2nc(-c3ccccc3)nc(-c3ccnc4oc5ccc(-c6ccc7c(c6)c6cc(-c8ccc(-c9nc(-c%10ccccc%10)nc(-c%10ccnc%11sc%12ccc(-c%13ccc%14c(c%13)c%13ccccc%13n%14-c%13ccccc%13)cc%12c%10%11)n9)cc8)ccc6n7-c6ccccc6)cc5c34)n2)cc1. The van der Waals surface area contributed by atoms with Crippen LogP contribution in [0.25, 0.3) is 199 Å². The normalized spacial score (nSPS) is 11.8. The number of thiophene rings is 1. The molecule has 0 radical (unpaired) electrons. The highest BCUT2D eigenvalue weighted by Gasteiger charge is 2.24. The van der Waals surface area contributed by atoms with Gasteiger partial charge in [0.15, 0.2) is 34.9 Å². The van der Waals surface area contributed by atoms with E-state index in [-0.39, 0.29) is 0 Å². The van der Waals surface area contributed by atoms with Gasteiger partial charge in [0.25, 0.3) is 0 Å². The molecule has 0 aliphatic heterocycles. The molecule has 466 valence electrons. The summed E-state index contributed by atoms with van der Waals surface area (Å²) in [6.07, 6.45) is 3.63. The van der Waals surface area contributed by atoms with Crippen molar-refractivity contribution in [1.29, 1.82) is 0 Å². The maximum Gasteiger partial charge on any atom is 0.228 e. The molecule has 0 saturated heterocycles. The van der Waals surface area contributed by atoms with E-state index in [0.29, 0.717) is 40.7 Å². The largest absolute Gasteiger partial charge is 0.438 e. The van der Waals surface area contributed by atoms with Crippen LogP contribution in [0.2, 0.25) is 0 Å². The molecular formula is C88H52N10OS. The van der Waals surface area contributed by atoms with Crippen molar-refractivity contribution in [3.63, 3.8) is 0 Å². The van der Waals surface area contributed by atoms with Crippen molar-refractivity contribution in [2.75, 3.05) is 0 Å². The first kappa shape index (κ1) is 56.9. The van der Waals surface area contributed by atoms with Gasteiger partial charge < -0.3 is 13.6 Å². The molecule has 0 fully saturated rings. The molecule has 20 rings (SSSR count). The number of aromatic nitrogens is 10. The minimum Gasteiger partial charge on any atom is -0.438 e. The van der Waals surface area contributed by atoms with Crippen LogP contribution in [-0.2, 0) is 0 Å². The minimum atomic E-state index is 0.507. The van der Waals surface area contributed by atoms with E-state index < -0.39 is 0 Å². The van der Waals surface area contributed by atoms with Gasteiger partial charge in [-0.3, -0.25) is 0 Å². The van der Waals surface area contributed by atoms with E-state index in [0.717, 1.165) is 137 Å². The van der Waals surface area contributed by atoms with Gasteiger partial charge in [-0.25, -0.2) is 39.9 Å². The summed E-state index contributed by atoms with van der Waals surface area (Å²) in [6, 6.07) is 106. The van der Waals surface area contributed by atoms with Crippen molar-refractivity contribution in [2.24, 2.45) is 0 Å². The molecule has 0 aliphatic carbocycles. The van der Waals surface area contributed by atoms with Crippen molar-refractivity contribution in [2.45, 2.75) is 0 Å². The summed E-state index contributed by atoms with van der Waals surface area (Å²) in [5.74, 6) is 3.44. The molecule has 100 heavy (non-hydrogen) atoms. The first-order valence-corrected chi connectivity index (χ1v) is 34.0. The molecule has 0 saturated carbocycles. The van der Waals surface area contributed by atoms with Gasteiger partial charge in [0, 0.05) is 99.6 Å². The first-order chi connectivity index (χ1) is 49.5. The van der Waals surface area contributed by atoms with Crippen LogP contribution in [0.4, 0.5) is 0 Å². The van der Waals surface area contributed by atoms with Crippen LogP contribution in [0, 0.1) is 0 Å². The van der Waals surface area contributed by atoms with E-state index in [1.807, 2.05) is 103 Å². The van der Waals surface area contributed by atoms with E-state index in [1.165, 1.54) is 21.8 Å². The quantitative estimate of drug-likeness (QED) is 0.124. The number of rotatable bonds is 11. The van der Waals surface area contributed by atoms with Crippen LogP contribution in [0.1, 0.15) is 0 Å².